The van der Waals surface area contributed by atoms with E-state index in [0.717, 1.165) is 22.8 Å². The van der Waals surface area contributed by atoms with Gasteiger partial charge in [0.05, 0.1) is 19.1 Å². The van der Waals surface area contributed by atoms with Gasteiger partial charge in [0.1, 0.15) is 17.9 Å². The molecule has 0 unspecified atom stereocenters. The summed E-state index contributed by atoms with van der Waals surface area (Å²) < 4.78 is 30.1. The first-order valence-electron chi connectivity index (χ1n) is 10.8. The monoisotopic (exact) mass is 459 g/mol. The molecule has 2 aromatic rings. The molecule has 3 heterocycles. The number of rotatable bonds is 5. The molecule has 2 aliphatic heterocycles. The molecule has 0 spiro atoms. The third kappa shape index (κ3) is 5.02. The molecule has 172 valence electrons. The molecule has 0 bridgehead atoms. The van der Waals surface area contributed by atoms with Crippen LogP contribution in [0.4, 0.5) is 5.82 Å². The Kier molecular flexibility index (Phi) is 6.61. The number of hydrogen-bond donors (Lipinski definition) is 0. The summed E-state index contributed by atoms with van der Waals surface area (Å²) in [7, 11) is -1.54. The predicted octanol–water partition coefficient (Wildman–Crippen LogP) is 1.47. The lowest BCUT2D eigenvalue weighted by atomic mass is 9.96. The minimum absolute atomic E-state index is 0.0970. The van der Waals surface area contributed by atoms with Crippen molar-refractivity contribution in [1.29, 1.82) is 0 Å². The highest BCUT2D eigenvalue weighted by Gasteiger charge is 2.32. The quantitative estimate of drug-likeness (QED) is 0.668. The van der Waals surface area contributed by atoms with E-state index in [0.29, 0.717) is 52.1 Å². The van der Waals surface area contributed by atoms with Crippen LogP contribution in [0.15, 0.2) is 36.7 Å². The van der Waals surface area contributed by atoms with E-state index >= 15 is 0 Å². The fraction of sp³-hybridized carbons (Fsp3) is 0.500. The first kappa shape index (κ1) is 22.5. The van der Waals surface area contributed by atoms with Gasteiger partial charge < -0.3 is 14.5 Å². The van der Waals surface area contributed by atoms with Crippen LogP contribution in [0.3, 0.4) is 0 Å². The third-order valence-electron chi connectivity index (χ3n) is 6.23. The highest BCUT2D eigenvalue weighted by molar-refractivity contribution is 7.88. The second kappa shape index (κ2) is 9.41. The van der Waals surface area contributed by atoms with Crippen LogP contribution in [0.2, 0.25) is 0 Å². The van der Waals surface area contributed by atoms with Gasteiger partial charge in [0.25, 0.3) is 0 Å². The summed E-state index contributed by atoms with van der Waals surface area (Å²) in [5.74, 6) is 1.69. The highest BCUT2D eigenvalue weighted by Crippen LogP contribution is 2.25. The zero-order chi connectivity index (χ0) is 22.7. The number of carbonyl (C=O) groups excluding carboxylic acids is 1. The molecule has 1 amide bonds. The molecule has 32 heavy (non-hydrogen) atoms. The second-order valence-electron chi connectivity index (χ2n) is 8.24. The zero-order valence-electron chi connectivity index (χ0n) is 18.5. The van der Waals surface area contributed by atoms with Crippen molar-refractivity contribution < 1.29 is 17.9 Å². The van der Waals surface area contributed by atoms with Crippen LogP contribution >= 0.6 is 0 Å². The van der Waals surface area contributed by atoms with Crippen molar-refractivity contribution in [3.63, 3.8) is 0 Å². The van der Waals surface area contributed by atoms with Gasteiger partial charge in [-0.2, -0.15) is 0 Å². The molecule has 2 saturated heterocycles. The molecule has 1 aromatic heterocycles. The first-order valence-corrected chi connectivity index (χ1v) is 12.7. The molecule has 0 aliphatic carbocycles. The molecule has 0 saturated carbocycles. The van der Waals surface area contributed by atoms with Crippen molar-refractivity contribution in [1.82, 2.24) is 19.2 Å². The van der Waals surface area contributed by atoms with E-state index < -0.39 is 10.0 Å². The Hall–Kier alpha value is -2.72. The van der Waals surface area contributed by atoms with E-state index in [4.69, 9.17) is 4.74 Å². The number of carbonyl (C=O) groups is 1. The van der Waals surface area contributed by atoms with E-state index in [2.05, 4.69) is 14.9 Å². The molecule has 2 aliphatic rings. The molecule has 4 rings (SSSR count). The molecule has 0 N–H and O–H groups in total. The maximum atomic E-state index is 12.9. The van der Waals surface area contributed by atoms with Gasteiger partial charge in [-0.3, -0.25) is 4.79 Å². The Morgan fingerprint density at radius 3 is 2.25 bits per heavy atom. The van der Waals surface area contributed by atoms with E-state index in [1.165, 1.54) is 10.6 Å². The van der Waals surface area contributed by atoms with Crippen LogP contribution in [0, 0.1) is 5.92 Å². The number of piperidine rings is 1. The van der Waals surface area contributed by atoms with Gasteiger partial charge in [-0.05, 0) is 37.1 Å². The van der Waals surface area contributed by atoms with E-state index in [-0.39, 0.29) is 11.8 Å². The van der Waals surface area contributed by atoms with E-state index in [1.54, 1.807) is 13.4 Å². The number of benzene rings is 1. The number of nitrogens with zero attached hydrogens (tertiary/aromatic N) is 5. The zero-order valence-corrected chi connectivity index (χ0v) is 19.3. The number of sulfonamides is 1. The van der Waals surface area contributed by atoms with Gasteiger partial charge >= 0.3 is 0 Å². The standard InChI is InChI=1S/C22H29N5O4S/c1-31-19-5-3-17(4-6-19)20-15-21(24-16-23-20)25-11-13-26(14-12-25)22(28)18-7-9-27(10-8-18)32(2,29)30/h3-6,15-16,18H,7-14H2,1-2H3. The normalized spacial score (nSPS) is 18.6. The van der Waals surface area contributed by atoms with E-state index in [9.17, 15) is 13.2 Å². The predicted molar refractivity (Wildman–Crippen MR) is 122 cm³/mol. The maximum absolute atomic E-state index is 12.9. The first-order chi connectivity index (χ1) is 15.3. The lowest BCUT2D eigenvalue weighted by Crippen LogP contribution is -2.52. The third-order valence-corrected chi connectivity index (χ3v) is 7.53. The summed E-state index contributed by atoms with van der Waals surface area (Å²) in [6, 6.07) is 9.72. The van der Waals surface area contributed by atoms with Crippen molar-refractivity contribution in [3.05, 3.63) is 36.7 Å². The number of ether oxygens (including phenoxy) is 1. The molecule has 0 atom stereocenters. The number of aromatic nitrogens is 2. The van der Waals surface area contributed by atoms with Crippen molar-refractivity contribution >= 4 is 21.7 Å². The van der Waals surface area contributed by atoms with Crippen LogP contribution in [-0.4, -0.2) is 86.1 Å². The number of amides is 1. The summed E-state index contributed by atoms with van der Waals surface area (Å²) in [6.07, 6.45) is 3.97. The van der Waals surface area contributed by atoms with Gasteiger partial charge in [-0.1, -0.05) is 0 Å². The molecule has 2 fully saturated rings. The fourth-order valence-electron chi connectivity index (χ4n) is 4.29. The Bertz CT molecular complexity index is 1040. The molecule has 1 aromatic carbocycles. The number of anilines is 1. The SMILES string of the molecule is COc1ccc(-c2cc(N3CCN(C(=O)C4CCN(S(C)(=O)=O)CC4)CC3)ncn2)cc1. The van der Waals surface area contributed by atoms with Crippen molar-refractivity contribution in [2.45, 2.75) is 12.8 Å². The van der Waals surface area contributed by atoms with Crippen LogP contribution in [0.1, 0.15) is 12.8 Å². The lowest BCUT2D eigenvalue weighted by Gasteiger charge is -2.38. The molecular formula is C22H29N5O4S. The molecule has 9 nitrogen and oxygen atoms in total. The highest BCUT2D eigenvalue weighted by atomic mass is 32.2. The summed E-state index contributed by atoms with van der Waals surface area (Å²) >= 11 is 0. The second-order valence-corrected chi connectivity index (χ2v) is 10.2. The fourth-order valence-corrected chi connectivity index (χ4v) is 5.16. The van der Waals surface area contributed by atoms with Crippen LogP contribution in [0.5, 0.6) is 5.75 Å². The van der Waals surface area contributed by atoms with Crippen molar-refractivity contribution in [3.8, 4) is 17.0 Å². The Labute approximate surface area is 189 Å². The minimum Gasteiger partial charge on any atom is -0.497 e. The summed E-state index contributed by atoms with van der Waals surface area (Å²) in [6.45, 7) is 3.51. The van der Waals surface area contributed by atoms with Gasteiger partial charge in [0.2, 0.25) is 15.9 Å². The Balaban J connectivity index is 1.34. The van der Waals surface area contributed by atoms with Gasteiger partial charge in [-0.25, -0.2) is 22.7 Å². The minimum atomic E-state index is -3.18. The van der Waals surface area contributed by atoms with Crippen LogP contribution < -0.4 is 9.64 Å². The number of piperazine rings is 1. The lowest BCUT2D eigenvalue weighted by molar-refractivity contribution is -0.137. The van der Waals surface area contributed by atoms with E-state index in [1.807, 2.05) is 35.2 Å². The smallest absolute Gasteiger partial charge is 0.225 e. The van der Waals surface area contributed by atoms with Crippen molar-refractivity contribution in [2.75, 3.05) is 57.5 Å². The largest absolute Gasteiger partial charge is 0.497 e. The van der Waals surface area contributed by atoms with Crippen molar-refractivity contribution in [2.24, 2.45) is 5.92 Å². The van der Waals surface area contributed by atoms with Gasteiger partial charge in [-0.15, -0.1) is 0 Å². The summed E-state index contributed by atoms with van der Waals surface area (Å²) in [4.78, 5) is 25.9. The molecule has 0 radical (unpaired) electrons. The number of methoxy groups -OCH3 is 1. The van der Waals surface area contributed by atoms with Crippen LogP contribution in [0.25, 0.3) is 11.3 Å². The van der Waals surface area contributed by atoms with Gasteiger partial charge in [0, 0.05) is 56.8 Å². The number of hydrogen-bond acceptors (Lipinski definition) is 7. The molecule has 10 heteroatoms. The Morgan fingerprint density at radius 1 is 1.00 bits per heavy atom. The molecular weight excluding hydrogens is 430 g/mol. The Morgan fingerprint density at radius 2 is 1.66 bits per heavy atom. The topological polar surface area (TPSA) is 95.9 Å². The summed E-state index contributed by atoms with van der Waals surface area (Å²) in [5, 5.41) is 0. The van der Waals surface area contributed by atoms with Gasteiger partial charge in [0.15, 0.2) is 0 Å². The maximum Gasteiger partial charge on any atom is 0.225 e. The average Bonchev–Trinajstić information content (AvgIpc) is 2.83. The van der Waals surface area contributed by atoms with Crippen LogP contribution in [-0.2, 0) is 14.8 Å². The average molecular weight is 460 g/mol. The summed E-state index contributed by atoms with van der Waals surface area (Å²) in [5.41, 5.74) is 1.83.